The molecule has 5 heteroatoms. The number of ether oxygens (including phenoxy) is 1. The molecule has 0 radical (unpaired) electrons. The molecular formula is C17H17NO4. The molecule has 1 saturated heterocycles. The zero-order chi connectivity index (χ0) is 15.4. The van der Waals surface area contributed by atoms with Gasteiger partial charge in [-0.25, -0.2) is 0 Å². The molecule has 5 nitrogen and oxygen atoms in total. The Morgan fingerprint density at radius 2 is 1.86 bits per heavy atom. The van der Waals surface area contributed by atoms with Crippen molar-refractivity contribution in [2.24, 2.45) is 11.8 Å². The SMILES string of the molecule is C[C@@H]1Cc2ccccc2N1C(=O)[C@@H]1[C@@H](C(=O)O)[C@@H]2C=C[C@@H]1O2. The molecule has 3 aliphatic rings. The van der Waals surface area contributed by atoms with Gasteiger partial charge in [0.25, 0.3) is 0 Å². The van der Waals surface area contributed by atoms with E-state index < -0.39 is 30.0 Å². The van der Waals surface area contributed by atoms with Gasteiger partial charge in [-0.05, 0) is 25.0 Å². The van der Waals surface area contributed by atoms with E-state index in [4.69, 9.17) is 4.74 Å². The third-order valence-electron chi connectivity index (χ3n) is 4.91. The van der Waals surface area contributed by atoms with Crippen LogP contribution in [0.5, 0.6) is 0 Å². The maximum Gasteiger partial charge on any atom is 0.310 e. The summed E-state index contributed by atoms with van der Waals surface area (Å²) in [6.07, 6.45) is 3.48. The quantitative estimate of drug-likeness (QED) is 0.843. The summed E-state index contributed by atoms with van der Waals surface area (Å²) in [7, 11) is 0. The molecule has 1 fully saturated rings. The summed E-state index contributed by atoms with van der Waals surface area (Å²) in [5.41, 5.74) is 2.03. The molecule has 22 heavy (non-hydrogen) atoms. The number of aliphatic carboxylic acids is 1. The van der Waals surface area contributed by atoms with Gasteiger partial charge in [0.15, 0.2) is 0 Å². The number of amides is 1. The van der Waals surface area contributed by atoms with Gasteiger partial charge in [0, 0.05) is 11.7 Å². The zero-order valence-corrected chi connectivity index (χ0v) is 12.2. The van der Waals surface area contributed by atoms with E-state index in [0.717, 1.165) is 17.7 Å². The van der Waals surface area contributed by atoms with E-state index in [2.05, 4.69) is 0 Å². The van der Waals surface area contributed by atoms with E-state index in [0.29, 0.717) is 0 Å². The number of carboxylic acid groups (broad SMARTS) is 1. The van der Waals surface area contributed by atoms with E-state index in [1.165, 1.54) is 0 Å². The van der Waals surface area contributed by atoms with Crippen LogP contribution in [0.4, 0.5) is 5.69 Å². The first kappa shape index (κ1) is 13.5. The fraction of sp³-hybridized carbons (Fsp3) is 0.412. The van der Waals surface area contributed by atoms with Gasteiger partial charge in [-0.3, -0.25) is 9.59 Å². The van der Waals surface area contributed by atoms with Gasteiger partial charge >= 0.3 is 5.97 Å². The first-order valence-electron chi connectivity index (χ1n) is 7.55. The number of hydrogen-bond acceptors (Lipinski definition) is 3. The molecule has 5 atom stereocenters. The maximum atomic E-state index is 13.1. The van der Waals surface area contributed by atoms with Crippen LogP contribution < -0.4 is 4.90 Å². The first-order chi connectivity index (χ1) is 10.6. The molecule has 0 spiro atoms. The topological polar surface area (TPSA) is 66.8 Å². The second-order valence-electron chi connectivity index (χ2n) is 6.23. The average Bonchev–Trinajstić information content (AvgIpc) is 3.17. The van der Waals surface area contributed by atoms with E-state index in [1.807, 2.05) is 37.3 Å². The third kappa shape index (κ3) is 1.75. The largest absolute Gasteiger partial charge is 0.481 e. The number of rotatable bonds is 2. The minimum absolute atomic E-state index is 0.0439. The molecule has 114 valence electrons. The summed E-state index contributed by atoms with van der Waals surface area (Å²) in [5.74, 6) is -2.53. The van der Waals surface area contributed by atoms with Gasteiger partial charge in [0.2, 0.25) is 5.91 Å². The Morgan fingerprint density at radius 1 is 1.18 bits per heavy atom. The number of nitrogens with zero attached hydrogens (tertiary/aromatic N) is 1. The molecule has 2 bridgehead atoms. The molecule has 0 aliphatic carbocycles. The van der Waals surface area contributed by atoms with Crippen molar-refractivity contribution in [2.75, 3.05) is 4.90 Å². The number of carbonyl (C=O) groups is 2. The van der Waals surface area contributed by atoms with Gasteiger partial charge in [0.1, 0.15) is 5.92 Å². The molecule has 4 rings (SSSR count). The molecule has 1 aromatic rings. The summed E-state index contributed by atoms with van der Waals surface area (Å²) in [5, 5.41) is 9.47. The Labute approximate surface area is 128 Å². The average molecular weight is 299 g/mol. The van der Waals surface area contributed by atoms with Crippen molar-refractivity contribution in [2.45, 2.75) is 31.6 Å². The second-order valence-corrected chi connectivity index (χ2v) is 6.23. The Morgan fingerprint density at radius 3 is 2.59 bits per heavy atom. The molecule has 1 amide bonds. The molecule has 0 aromatic heterocycles. The number of carbonyl (C=O) groups excluding carboxylic acids is 1. The predicted octanol–water partition coefficient (Wildman–Crippen LogP) is 1.62. The van der Waals surface area contributed by atoms with Crippen molar-refractivity contribution >= 4 is 17.6 Å². The molecular weight excluding hydrogens is 282 g/mol. The lowest BCUT2D eigenvalue weighted by Gasteiger charge is -2.29. The minimum Gasteiger partial charge on any atom is -0.481 e. The van der Waals surface area contributed by atoms with Crippen molar-refractivity contribution < 1.29 is 19.4 Å². The number of hydrogen-bond donors (Lipinski definition) is 1. The van der Waals surface area contributed by atoms with Crippen LogP contribution in [0.3, 0.4) is 0 Å². The molecule has 0 saturated carbocycles. The lowest BCUT2D eigenvalue weighted by atomic mass is 9.82. The standard InChI is InChI=1S/C17H17NO4/c1-9-8-10-4-2-3-5-11(10)18(9)16(19)14-12-6-7-13(22-12)15(14)17(20)21/h2-7,9,12-15H,8H2,1H3,(H,20,21)/t9-,12+,13+,14+,15+/m1/s1. The van der Waals surface area contributed by atoms with E-state index in [-0.39, 0.29) is 11.9 Å². The molecule has 3 heterocycles. The summed E-state index contributed by atoms with van der Waals surface area (Å²) in [6, 6.07) is 7.86. The van der Waals surface area contributed by atoms with Crippen molar-refractivity contribution in [3.63, 3.8) is 0 Å². The van der Waals surface area contributed by atoms with Gasteiger partial charge < -0.3 is 14.7 Å². The molecule has 3 aliphatic heterocycles. The minimum atomic E-state index is -0.963. The summed E-state index contributed by atoms with van der Waals surface area (Å²) < 4.78 is 5.62. The van der Waals surface area contributed by atoms with E-state index in [9.17, 15) is 14.7 Å². The normalized spacial score (nSPS) is 35.0. The second kappa shape index (κ2) is 4.68. The van der Waals surface area contributed by atoms with Crippen LogP contribution in [0, 0.1) is 11.8 Å². The van der Waals surface area contributed by atoms with Gasteiger partial charge in [-0.15, -0.1) is 0 Å². The lowest BCUT2D eigenvalue weighted by molar-refractivity contribution is -0.146. The molecule has 0 unspecified atom stereocenters. The Hall–Kier alpha value is -2.14. The van der Waals surface area contributed by atoms with Crippen LogP contribution in [0.1, 0.15) is 12.5 Å². The van der Waals surface area contributed by atoms with Gasteiger partial charge in [-0.1, -0.05) is 30.4 Å². The molecule has 1 aromatic carbocycles. The zero-order valence-electron chi connectivity index (χ0n) is 12.2. The van der Waals surface area contributed by atoms with Crippen molar-refractivity contribution in [1.82, 2.24) is 0 Å². The van der Waals surface area contributed by atoms with Crippen LogP contribution in [-0.2, 0) is 20.7 Å². The highest BCUT2D eigenvalue weighted by Gasteiger charge is 2.55. The lowest BCUT2D eigenvalue weighted by Crippen LogP contribution is -2.47. The smallest absolute Gasteiger partial charge is 0.310 e. The number of para-hydroxylation sites is 1. The Balaban J connectivity index is 1.70. The Bertz CT molecular complexity index is 683. The molecule has 1 N–H and O–H groups in total. The summed E-state index contributed by atoms with van der Waals surface area (Å²) >= 11 is 0. The first-order valence-corrected chi connectivity index (χ1v) is 7.55. The highest BCUT2D eigenvalue weighted by atomic mass is 16.5. The van der Waals surface area contributed by atoms with Gasteiger partial charge in [-0.2, -0.15) is 0 Å². The van der Waals surface area contributed by atoms with Crippen LogP contribution in [0.25, 0.3) is 0 Å². The monoisotopic (exact) mass is 299 g/mol. The highest BCUT2D eigenvalue weighted by Crippen LogP contribution is 2.43. The van der Waals surface area contributed by atoms with Crippen molar-refractivity contribution in [3.05, 3.63) is 42.0 Å². The number of fused-ring (bicyclic) bond motifs is 3. The maximum absolute atomic E-state index is 13.1. The van der Waals surface area contributed by atoms with Gasteiger partial charge in [0.05, 0.1) is 18.1 Å². The Kier molecular flexibility index (Phi) is 2.87. The highest BCUT2D eigenvalue weighted by molar-refractivity contribution is 6.00. The van der Waals surface area contributed by atoms with Crippen molar-refractivity contribution in [1.29, 1.82) is 0 Å². The van der Waals surface area contributed by atoms with E-state index >= 15 is 0 Å². The van der Waals surface area contributed by atoms with Crippen LogP contribution >= 0.6 is 0 Å². The fourth-order valence-corrected chi connectivity index (χ4v) is 3.96. The van der Waals surface area contributed by atoms with Crippen molar-refractivity contribution in [3.8, 4) is 0 Å². The third-order valence-corrected chi connectivity index (χ3v) is 4.91. The van der Waals surface area contributed by atoms with Crippen LogP contribution in [0.15, 0.2) is 36.4 Å². The fourth-order valence-electron chi connectivity index (χ4n) is 3.96. The number of anilines is 1. The van der Waals surface area contributed by atoms with E-state index in [1.54, 1.807) is 11.0 Å². The summed E-state index contributed by atoms with van der Waals surface area (Å²) in [6.45, 7) is 2.00. The summed E-state index contributed by atoms with van der Waals surface area (Å²) in [4.78, 5) is 26.4. The predicted molar refractivity (Wildman–Crippen MR) is 79.5 cm³/mol. The number of carboxylic acids is 1. The van der Waals surface area contributed by atoms with Crippen LogP contribution in [-0.4, -0.2) is 35.2 Å². The van der Waals surface area contributed by atoms with Crippen LogP contribution in [0.2, 0.25) is 0 Å². The number of benzene rings is 1.